The van der Waals surface area contributed by atoms with E-state index in [0.717, 1.165) is 12.1 Å². The summed E-state index contributed by atoms with van der Waals surface area (Å²) in [6, 6.07) is 5.52. The summed E-state index contributed by atoms with van der Waals surface area (Å²) in [6.07, 6.45) is 5.01. The first kappa shape index (κ1) is 10.4. The zero-order chi connectivity index (χ0) is 12.0. The number of benzene rings is 1. The first-order chi connectivity index (χ1) is 8.16. The van der Waals surface area contributed by atoms with E-state index in [-0.39, 0.29) is 11.8 Å². The highest BCUT2D eigenvalue weighted by Crippen LogP contribution is 2.44. The van der Waals surface area contributed by atoms with Crippen molar-refractivity contribution in [2.45, 2.75) is 25.3 Å². The lowest BCUT2D eigenvalue weighted by molar-refractivity contribution is -0.308. The molecule has 3 atom stereocenters. The summed E-state index contributed by atoms with van der Waals surface area (Å²) in [7, 11) is 0. The van der Waals surface area contributed by atoms with Gasteiger partial charge in [-0.15, -0.1) is 0 Å². The Morgan fingerprint density at radius 2 is 2.29 bits per heavy atom. The standard InChI is InChI=1S/C14H15NO2/c1-8-5-6-12-11(7-8)9-3-2-4-10(9)13(15-12)14(16)17/h2-3,5-7,9-10,13,15H,4H2,1H3,(H,16,17)/p-1/t9-,10+,13-/m0/s1. The molecule has 0 saturated carbocycles. The molecule has 0 unspecified atom stereocenters. The molecular formula is C14H14NO2-. The summed E-state index contributed by atoms with van der Waals surface area (Å²) in [6.45, 7) is 2.05. The van der Waals surface area contributed by atoms with E-state index >= 15 is 0 Å². The van der Waals surface area contributed by atoms with Crippen LogP contribution in [0.5, 0.6) is 0 Å². The Labute approximate surface area is 100 Å². The van der Waals surface area contributed by atoms with Gasteiger partial charge in [0.25, 0.3) is 0 Å². The van der Waals surface area contributed by atoms with Crippen molar-refractivity contribution in [3.8, 4) is 0 Å². The van der Waals surface area contributed by atoms with Gasteiger partial charge in [0.15, 0.2) is 0 Å². The van der Waals surface area contributed by atoms with Crippen molar-refractivity contribution in [3.63, 3.8) is 0 Å². The van der Waals surface area contributed by atoms with Gasteiger partial charge in [0.05, 0.1) is 12.0 Å². The molecule has 1 aromatic carbocycles. The fourth-order valence-electron chi connectivity index (χ4n) is 2.95. The van der Waals surface area contributed by atoms with E-state index in [1.165, 1.54) is 11.1 Å². The molecule has 0 bridgehead atoms. The number of carbonyl (C=O) groups is 1. The minimum absolute atomic E-state index is 0.0919. The zero-order valence-corrected chi connectivity index (χ0v) is 9.64. The van der Waals surface area contributed by atoms with Crippen molar-refractivity contribution in [1.29, 1.82) is 0 Å². The Morgan fingerprint density at radius 3 is 3.06 bits per heavy atom. The van der Waals surface area contributed by atoms with Crippen molar-refractivity contribution in [3.05, 3.63) is 41.5 Å². The number of fused-ring (bicyclic) bond motifs is 3. The highest BCUT2D eigenvalue weighted by molar-refractivity contribution is 5.79. The third-order valence-electron chi connectivity index (χ3n) is 3.77. The van der Waals surface area contributed by atoms with Gasteiger partial charge in [0, 0.05) is 11.6 Å². The number of rotatable bonds is 1. The highest BCUT2D eigenvalue weighted by Gasteiger charge is 2.37. The van der Waals surface area contributed by atoms with Crippen molar-refractivity contribution in [2.24, 2.45) is 5.92 Å². The van der Waals surface area contributed by atoms with E-state index in [2.05, 4.69) is 30.5 Å². The second kappa shape index (κ2) is 3.62. The van der Waals surface area contributed by atoms with Crippen LogP contribution in [-0.2, 0) is 4.79 Å². The average Bonchev–Trinajstić information content (AvgIpc) is 2.76. The maximum absolute atomic E-state index is 11.2. The fourth-order valence-corrected chi connectivity index (χ4v) is 2.95. The number of allylic oxidation sites excluding steroid dienone is 2. The van der Waals surface area contributed by atoms with E-state index in [4.69, 9.17) is 0 Å². The Morgan fingerprint density at radius 1 is 1.47 bits per heavy atom. The summed E-state index contributed by atoms with van der Waals surface area (Å²) in [5.41, 5.74) is 3.34. The van der Waals surface area contributed by atoms with Crippen LogP contribution in [0.15, 0.2) is 30.4 Å². The fraction of sp³-hybridized carbons (Fsp3) is 0.357. The Balaban J connectivity index is 2.09. The van der Waals surface area contributed by atoms with E-state index in [0.29, 0.717) is 0 Å². The van der Waals surface area contributed by atoms with Crippen molar-refractivity contribution in [2.75, 3.05) is 5.32 Å². The predicted molar refractivity (Wildman–Crippen MR) is 63.6 cm³/mol. The number of aryl methyl sites for hydroxylation is 1. The summed E-state index contributed by atoms with van der Waals surface area (Å²) in [5, 5.41) is 14.3. The molecule has 2 aliphatic rings. The summed E-state index contributed by atoms with van der Waals surface area (Å²) in [4.78, 5) is 11.2. The number of aliphatic carboxylic acids is 1. The van der Waals surface area contributed by atoms with E-state index in [1.54, 1.807) is 0 Å². The van der Waals surface area contributed by atoms with Gasteiger partial charge in [0.2, 0.25) is 0 Å². The molecule has 1 aliphatic carbocycles. The van der Waals surface area contributed by atoms with Gasteiger partial charge >= 0.3 is 0 Å². The van der Waals surface area contributed by atoms with Crippen LogP contribution in [0.1, 0.15) is 23.5 Å². The molecule has 1 heterocycles. The molecule has 3 nitrogen and oxygen atoms in total. The van der Waals surface area contributed by atoms with E-state index in [9.17, 15) is 9.90 Å². The second-order valence-corrected chi connectivity index (χ2v) is 4.89. The largest absolute Gasteiger partial charge is 0.548 e. The molecule has 0 aromatic heterocycles. The Kier molecular flexibility index (Phi) is 2.21. The van der Waals surface area contributed by atoms with Crippen LogP contribution >= 0.6 is 0 Å². The van der Waals surface area contributed by atoms with Gasteiger partial charge in [-0.2, -0.15) is 0 Å². The molecule has 1 aliphatic heterocycles. The molecule has 0 spiro atoms. The minimum Gasteiger partial charge on any atom is -0.548 e. The van der Waals surface area contributed by atoms with E-state index < -0.39 is 12.0 Å². The van der Waals surface area contributed by atoms with Gasteiger partial charge in [-0.05, 0) is 30.9 Å². The van der Waals surface area contributed by atoms with Crippen molar-refractivity contribution in [1.82, 2.24) is 0 Å². The third kappa shape index (κ3) is 1.54. The number of carboxylic acid groups (broad SMARTS) is 1. The maximum atomic E-state index is 11.2. The summed E-state index contributed by atoms with van der Waals surface area (Å²) < 4.78 is 0. The third-order valence-corrected chi connectivity index (χ3v) is 3.77. The predicted octanol–water partition coefficient (Wildman–Crippen LogP) is 1.20. The highest BCUT2D eigenvalue weighted by atomic mass is 16.4. The molecular weight excluding hydrogens is 214 g/mol. The number of nitrogens with one attached hydrogen (secondary N) is 1. The molecule has 0 fully saturated rings. The second-order valence-electron chi connectivity index (χ2n) is 4.89. The number of hydrogen-bond donors (Lipinski definition) is 1. The van der Waals surface area contributed by atoms with Crippen LogP contribution in [0.3, 0.4) is 0 Å². The van der Waals surface area contributed by atoms with Gasteiger partial charge in [-0.25, -0.2) is 0 Å². The molecule has 0 saturated heterocycles. The molecule has 3 rings (SSSR count). The molecule has 17 heavy (non-hydrogen) atoms. The summed E-state index contributed by atoms with van der Waals surface area (Å²) in [5.74, 6) is -0.696. The SMILES string of the molecule is Cc1ccc2c(c1)[C@H]1C=CC[C@H]1[C@@H](C(=O)[O-])N2. The lowest BCUT2D eigenvalue weighted by Crippen LogP contribution is -2.48. The Hall–Kier alpha value is -1.77. The van der Waals surface area contributed by atoms with Crippen LogP contribution in [0, 0.1) is 12.8 Å². The van der Waals surface area contributed by atoms with Crippen LogP contribution in [-0.4, -0.2) is 12.0 Å². The zero-order valence-electron chi connectivity index (χ0n) is 9.64. The van der Waals surface area contributed by atoms with E-state index in [1.807, 2.05) is 12.1 Å². The quantitative estimate of drug-likeness (QED) is 0.735. The monoisotopic (exact) mass is 228 g/mol. The number of anilines is 1. The van der Waals surface area contributed by atoms with Crippen molar-refractivity contribution < 1.29 is 9.90 Å². The average molecular weight is 228 g/mol. The first-order valence-electron chi connectivity index (χ1n) is 5.91. The normalized spacial score (nSPS) is 29.4. The van der Waals surface area contributed by atoms with Gasteiger partial charge < -0.3 is 15.2 Å². The smallest absolute Gasteiger partial charge is 0.0698 e. The number of hydrogen-bond acceptors (Lipinski definition) is 3. The van der Waals surface area contributed by atoms with Gasteiger partial charge in [0.1, 0.15) is 0 Å². The molecule has 3 heteroatoms. The number of carboxylic acids is 1. The first-order valence-corrected chi connectivity index (χ1v) is 5.91. The number of carbonyl (C=O) groups excluding carboxylic acids is 1. The molecule has 1 N–H and O–H groups in total. The van der Waals surface area contributed by atoms with Crippen LogP contribution in [0.4, 0.5) is 5.69 Å². The maximum Gasteiger partial charge on any atom is 0.0698 e. The Bertz CT molecular complexity index is 507. The molecule has 0 radical (unpaired) electrons. The van der Waals surface area contributed by atoms with Gasteiger partial charge in [-0.3, -0.25) is 0 Å². The topological polar surface area (TPSA) is 52.2 Å². The minimum atomic E-state index is -1.00. The summed E-state index contributed by atoms with van der Waals surface area (Å²) >= 11 is 0. The van der Waals surface area contributed by atoms with Crippen LogP contribution < -0.4 is 10.4 Å². The van der Waals surface area contributed by atoms with Crippen LogP contribution in [0.2, 0.25) is 0 Å². The van der Waals surface area contributed by atoms with Crippen LogP contribution in [0.25, 0.3) is 0 Å². The molecule has 0 amide bonds. The molecule has 88 valence electrons. The lowest BCUT2D eigenvalue weighted by Gasteiger charge is -2.37. The lowest BCUT2D eigenvalue weighted by atomic mass is 9.79. The molecule has 1 aromatic rings. The van der Waals surface area contributed by atoms with Crippen molar-refractivity contribution >= 4 is 11.7 Å². The van der Waals surface area contributed by atoms with Gasteiger partial charge in [-0.1, -0.05) is 29.8 Å².